The van der Waals surface area contributed by atoms with Crippen molar-refractivity contribution in [3.63, 3.8) is 0 Å². The van der Waals surface area contributed by atoms with Gasteiger partial charge < -0.3 is 10.0 Å². The van der Waals surface area contributed by atoms with Crippen LogP contribution in [-0.2, 0) is 17.6 Å². The second kappa shape index (κ2) is 9.55. The van der Waals surface area contributed by atoms with Gasteiger partial charge in [0.05, 0.1) is 5.92 Å². The number of rotatable bonds is 4. The second-order valence-corrected chi connectivity index (χ2v) is 7.84. The number of carbonyl (C=O) groups is 1. The van der Waals surface area contributed by atoms with E-state index in [0.717, 1.165) is 56.3 Å². The first-order valence-electron chi connectivity index (χ1n) is 10.1. The monoisotopic (exact) mass is 415 g/mol. The molecule has 2 aromatic rings. The summed E-state index contributed by atoms with van der Waals surface area (Å²) in [4.78, 5) is 13.5. The summed E-state index contributed by atoms with van der Waals surface area (Å²) in [6.07, 6.45) is 6.58. The molecule has 0 saturated carbocycles. The van der Waals surface area contributed by atoms with E-state index in [-0.39, 0.29) is 24.1 Å². The number of piperidine rings is 1. The van der Waals surface area contributed by atoms with Crippen molar-refractivity contribution in [3.8, 4) is 0 Å². The number of hydrogen-bond donors (Lipinski definition) is 1. The fourth-order valence-corrected chi connectivity index (χ4v) is 4.52. The van der Waals surface area contributed by atoms with Gasteiger partial charge in [0, 0.05) is 13.1 Å². The van der Waals surface area contributed by atoms with Crippen LogP contribution in [0, 0.1) is 11.7 Å². The fraction of sp³-hybridized carbons (Fsp3) is 0.375. The lowest BCUT2D eigenvalue weighted by Gasteiger charge is -2.30. The van der Waals surface area contributed by atoms with Crippen LogP contribution >= 0.6 is 12.4 Å². The third kappa shape index (κ3) is 4.88. The van der Waals surface area contributed by atoms with E-state index in [2.05, 4.69) is 35.2 Å². The van der Waals surface area contributed by atoms with Crippen LogP contribution in [0.5, 0.6) is 0 Å². The van der Waals surface area contributed by atoms with Crippen LogP contribution in [0.4, 0.5) is 4.39 Å². The second-order valence-electron chi connectivity index (χ2n) is 7.84. The van der Waals surface area contributed by atoms with Crippen LogP contribution < -0.4 is 0 Å². The van der Waals surface area contributed by atoms with Gasteiger partial charge in [-0.25, -0.2) is 4.39 Å². The van der Waals surface area contributed by atoms with E-state index in [0.29, 0.717) is 6.54 Å². The number of halogens is 2. The summed E-state index contributed by atoms with van der Waals surface area (Å²) in [5, 5.41) is 9.29. The van der Waals surface area contributed by atoms with Crippen molar-refractivity contribution >= 4 is 23.9 Å². The third-order valence-corrected chi connectivity index (χ3v) is 5.98. The van der Waals surface area contributed by atoms with Gasteiger partial charge in [-0.3, -0.25) is 4.79 Å². The number of aryl methyl sites for hydroxylation is 2. The molecule has 1 heterocycles. The molecule has 1 atom stereocenters. The molecule has 1 saturated heterocycles. The average Bonchev–Trinajstić information content (AvgIpc) is 2.85. The molecule has 0 bridgehead atoms. The highest BCUT2D eigenvalue weighted by molar-refractivity contribution is 5.85. The molecule has 2 aliphatic rings. The zero-order valence-corrected chi connectivity index (χ0v) is 17.3. The Kier molecular flexibility index (Phi) is 7.09. The molecule has 3 nitrogen and oxygen atoms in total. The Morgan fingerprint density at radius 2 is 1.90 bits per heavy atom. The summed E-state index contributed by atoms with van der Waals surface area (Å²) in [7, 11) is 0. The van der Waals surface area contributed by atoms with E-state index in [4.69, 9.17) is 0 Å². The third-order valence-electron chi connectivity index (χ3n) is 5.98. The maximum Gasteiger partial charge on any atom is 0.307 e. The lowest BCUT2D eigenvalue weighted by Crippen LogP contribution is -2.39. The Balaban J connectivity index is 0.00000240. The molecular weight excluding hydrogens is 389 g/mol. The van der Waals surface area contributed by atoms with E-state index in [1.807, 2.05) is 6.07 Å². The van der Waals surface area contributed by atoms with E-state index in [9.17, 15) is 14.3 Å². The van der Waals surface area contributed by atoms with Crippen molar-refractivity contribution in [3.05, 3.63) is 76.6 Å². The van der Waals surface area contributed by atoms with Gasteiger partial charge in [0.2, 0.25) is 0 Å². The van der Waals surface area contributed by atoms with Gasteiger partial charge in [0.15, 0.2) is 0 Å². The Hall–Kier alpha value is -2.17. The topological polar surface area (TPSA) is 40.5 Å². The molecule has 1 fully saturated rings. The first-order valence-corrected chi connectivity index (χ1v) is 10.1. The van der Waals surface area contributed by atoms with Gasteiger partial charge in [-0.15, -0.1) is 12.4 Å². The van der Waals surface area contributed by atoms with Crippen molar-refractivity contribution < 1.29 is 14.3 Å². The number of carboxylic acids is 1. The summed E-state index contributed by atoms with van der Waals surface area (Å²) in [6.45, 7) is 2.45. The van der Waals surface area contributed by atoms with Gasteiger partial charge in [-0.05, 0) is 78.6 Å². The fourth-order valence-electron chi connectivity index (χ4n) is 4.52. The van der Waals surface area contributed by atoms with Gasteiger partial charge in [0.1, 0.15) is 5.82 Å². The normalized spacial score (nSPS) is 20.3. The quantitative estimate of drug-likeness (QED) is 0.766. The minimum Gasteiger partial charge on any atom is -0.481 e. The van der Waals surface area contributed by atoms with Gasteiger partial charge in [-0.1, -0.05) is 36.4 Å². The van der Waals surface area contributed by atoms with E-state index in [1.54, 1.807) is 12.1 Å². The van der Waals surface area contributed by atoms with Crippen LogP contribution in [0.25, 0.3) is 5.57 Å². The van der Waals surface area contributed by atoms with E-state index < -0.39 is 5.97 Å². The maximum absolute atomic E-state index is 13.8. The number of hydrogen-bond acceptors (Lipinski definition) is 2. The highest BCUT2D eigenvalue weighted by Gasteiger charge is 2.25. The number of fused-ring (bicyclic) bond motifs is 2. The minimum absolute atomic E-state index is 0. The average molecular weight is 416 g/mol. The molecule has 0 unspecified atom stereocenters. The first-order chi connectivity index (χ1) is 13.6. The summed E-state index contributed by atoms with van der Waals surface area (Å²) in [5.41, 5.74) is 5.89. The molecule has 1 aliphatic heterocycles. The number of aliphatic carboxylic acids is 1. The molecule has 0 spiro atoms. The predicted octanol–water partition coefficient (Wildman–Crippen LogP) is 4.96. The van der Waals surface area contributed by atoms with Crippen LogP contribution in [0.15, 0.2) is 48.5 Å². The van der Waals surface area contributed by atoms with Crippen LogP contribution in [0.2, 0.25) is 0 Å². The highest BCUT2D eigenvalue weighted by atomic mass is 35.5. The molecule has 0 radical (unpaired) electrons. The molecule has 154 valence electrons. The molecule has 1 aliphatic carbocycles. The lowest BCUT2D eigenvalue weighted by atomic mass is 9.93. The zero-order chi connectivity index (χ0) is 19.5. The van der Waals surface area contributed by atoms with Gasteiger partial charge >= 0.3 is 5.97 Å². The molecular formula is C24H27ClFNO2. The molecule has 0 aromatic heterocycles. The lowest BCUT2D eigenvalue weighted by molar-refractivity contribution is -0.143. The molecule has 2 aromatic carbocycles. The number of likely N-dealkylation sites (tertiary alicyclic amines) is 1. The first kappa shape index (κ1) is 21.5. The standard InChI is InChI=1S/C24H26FNO2.ClH/c25-20-11-12-22-18(15-20)10-9-17-5-1-2-7-21(17)23(22)8-4-14-26-13-3-6-19(16-26)24(27)28;/h1-2,5,7-8,11-12,15,19H,3-4,6,9-10,13-14,16H2,(H,27,28);1H/t19-;/m1./s1. The van der Waals surface area contributed by atoms with Crippen molar-refractivity contribution in [2.24, 2.45) is 5.92 Å². The van der Waals surface area contributed by atoms with Gasteiger partial charge in [0.25, 0.3) is 0 Å². The summed E-state index contributed by atoms with van der Waals surface area (Å²) in [6, 6.07) is 13.5. The van der Waals surface area contributed by atoms with Crippen molar-refractivity contribution in [1.29, 1.82) is 0 Å². The maximum atomic E-state index is 13.8. The number of benzene rings is 2. The van der Waals surface area contributed by atoms with Crippen molar-refractivity contribution in [2.75, 3.05) is 19.6 Å². The molecule has 4 rings (SSSR count). The molecule has 0 amide bonds. The molecule has 1 N–H and O–H groups in total. The Bertz CT molecular complexity index is 912. The van der Waals surface area contributed by atoms with Crippen LogP contribution in [-0.4, -0.2) is 35.6 Å². The minimum atomic E-state index is -0.684. The van der Waals surface area contributed by atoms with Crippen LogP contribution in [0.1, 0.15) is 41.5 Å². The molecule has 5 heteroatoms. The SMILES string of the molecule is Cl.O=C(O)[C@@H]1CCCN(CCC=C2c3ccccc3CCc3cc(F)ccc32)C1. The smallest absolute Gasteiger partial charge is 0.307 e. The largest absolute Gasteiger partial charge is 0.481 e. The molecule has 29 heavy (non-hydrogen) atoms. The Morgan fingerprint density at radius 1 is 1.14 bits per heavy atom. The summed E-state index contributed by atoms with van der Waals surface area (Å²) >= 11 is 0. The Labute approximate surface area is 177 Å². The number of carboxylic acid groups (broad SMARTS) is 1. The van der Waals surface area contributed by atoms with Gasteiger partial charge in [-0.2, -0.15) is 0 Å². The summed E-state index contributed by atoms with van der Waals surface area (Å²) < 4.78 is 13.8. The van der Waals surface area contributed by atoms with E-state index >= 15 is 0 Å². The van der Waals surface area contributed by atoms with Crippen molar-refractivity contribution in [1.82, 2.24) is 4.90 Å². The van der Waals surface area contributed by atoms with E-state index in [1.165, 1.54) is 16.7 Å². The zero-order valence-electron chi connectivity index (χ0n) is 16.4. The predicted molar refractivity (Wildman–Crippen MR) is 116 cm³/mol. The van der Waals surface area contributed by atoms with Crippen LogP contribution in [0.3, 0.4) is 0 Å². The summed E-state index contributed by atoms with van der Waals surface area (Å²) in [5.74, 6) is -1.11. The number of nitrogens with zero attached hydrogens (tertiary/aromatic N) is 1. The highest BCUT2D eigenvalue weighted by Crippen LogP contribution is 2.34. The van der Waals surface area contributed by atoms with Crippen molar-refractivity contribution in [2.45, 2.75) is 32.1 Å². The Morgan fingerprint density at radius 3 is 2.72 bits per heavy atom.